The summed E-state index contributed by atoms with van der Waals surface area (Å²) in [5.41, 5.74) is 0. The van der Waals surface area contributed by atoms with Gasteiger partial charge < -0.3 is 4.74 Å². The Balaban J connectivity index is 1.53. The Morgan fingerprint density at radius 2 is 1.67 bits per heavy atom. The van der Waals surface area contributed by atoms with Gasteiger partial charge in [0.25, 0.3) is 0 Å². The Hall–Kier alpha value is -1.99. The number of fused-ring (bicyclic) bond motifs is 2. The topological polar surface area (TPSA) is 72.4 Å². The van der Waals surface area contributed by atoms with E-state index in [4.69, 9.17) is 4.74 Å². The number of piperidine rings is 1. The molecular weight excluding hydrogens is 326 g/mol. The molecule has 7 heteroatoms. The molecule has 0 amide bonds. The number of aromatic nitrogens is 2. The minimum atomic E-state index is -3.49. The maximum Gasteiger partial charge on any atom is 0.245 e. The van der Waals surface area contributed by atoms with Gasteiger partial charge in [-0.2, -0.15) is 4.31 Å². The average molecular weight is 345 g/mol. The highest BCUT2D eigenvalue weighted by molar-refractivity contribution is 7.89. The first-order chi connectivity index (χ1) is 11.6. The molecule has 4 heterocycles. The maximum atomic E-state index is 12.9. The van der Waals surface area contributed by atoms with Crippen molar-refractivity contribution in [3.63, 3.8) is 0 Å². The summed E-state index contributed by atoms with van der Waals surface area (Å²) in [6, 6.07) is 6.98. The monoisotopic (exact) mass is 345 g/mol. The van der Waals surface area contributed by atoms with Gasteiger partial charge in [0, 0.05) is 43.5 Å². The molecular formula is C17H19N3O3S. The third kappa shape index (κ3) is 2.78. The zero-order valence-electron chi connectivity index (χ0n) is 13.2. The molecule has 2 bridgehead atoms. The van der Waals surface area contributed by atoms with E-state index >= 15 is 0 Å². The van der Waals surface area contributed by atoms with Crippen LogP contribution in [0, 0.1) is 0 Å². The molecule has 24 heavy (non-hydrogen) atoms. The fourth-order valence-corrected chi connectivity index (χ4v) is 5.66. The zero-order valence-corrected chi connectivity index (χ0v) is 14.0. The van der Waals surface area contributed by atoms with E-state index in [0.29, 0.717) is 12.8 Å². The van der Waals surface area contributed by atoms with E-state index in [1.165, 1.54) is 6.20 Å². The molecule has 0 aromatic carbocycles. The summed E-state index contributed by atoms with van der Waals surface area (Å²) in [5, 5.41) is 0. The second-order valence-electron chi connectivity index (χ2n) is 6.31. The first kappa shape index (κ1) is 15.5. The average Bonchev–Trinajstić information content (AvgIpc) is 2.89. The molecule has 0 saturated carbocycles. The normalized spacial score (nSPS) is 27.1. The summed E-state index contributed by atoms with van der Waals surface area (Å²) in [5.74, 6) is 0.741. The van der Waals surface area contributed by atoms with E-state index in [1.807, 2.05) is 12.1 Å². The molecule has 2 aliphatic rings. The first-order valence-electron chi connectivity index (χ1n) is 8.15. The fraction of sp³-hybridized carbons (Fsp3) is 0.412. The molecule has 2 unspecified atom stereocenters. The Morgan fingerprint density at radius 1 is 1.00 bits per heavy atom. The van der Waals surface area contributed by atoms with Crippen molar-refractivity contribution >= 4 is 10.0 Å². The maximum absolute atomic E-state index is 12.9. The fourth-order valence-electron chi connectivity index (χ4n) is 3.80. The van der Waals surface area contributed by atoms with Crippen molar-refractivity contribution < 1.29 is 13.2 Å². The minimum Gasteiger partial charge on any atom is -0.489 e. The van der Waals surface area contributed by atoms with Crippen molar-refractivity contribution in [2.75, 3.05) is 0 Å². The molecule has 2 aromatic heterocycles. The Morgan fingerprint density at radius 3 is 2.25 bits per heavy atom. The first-order valence-corrected chi connectivity index (χ1v) is 9.59. The van der Waals surface area contributed by atoms with Crippen LogP contribution in [0.5, 0.6) is 5.75 Å². The SMILES string of the molecule is O=S(=O)(c1cccnc1)N1C2CCC1CC(Oc1cccnc1)C2. The van der Waals surface area contributed by atoms with E-state index in [1.54, 1.807) is 35.0 Å². The number of sulfonamides is 1. The summed E-state index contributed by atoms with van der Waals surface area (Å²) in [6.45, 7) is 0. The third-order valence-corrected chi connectivity index (χ3v) is 6.76. The van der Waals surface area contributed by atoms with Gasteiger partial charge >= 0.3 is 0 Å². The predicted octanol–water partition coefficient (Wildman–Crippen LogP) is 2.24. The lowest BCUT2D eigenvalue weighted by atomic mass is 10.0. The van der Waals surface area contributed by atoms with Crippen molar-refractivity contribution in [2.45, 2.75) is 48.8 Å². The van der Waals surface area contributed by atoms with Crippen molar-refractivity contribution in [1.29, 1.82) is 0 Å². The third-order valence-electron chi connectivity index (χ3n) is 4.77. The van der Waals surface area contributed by atoms with Gasteiger partial charge in [0.05, 0.1) is 6.20 Å². The van der Waals surface area contributed by atoms with Crippen molar-refractivity contribution in [3.8, 4) is 5.75 Å². The van der Waals surface area contributed by atoms with Crippen LogP contribution in [0.4, 0.5) is 0 Å². The Labute approximate surface area is 141 Å². The summed E-state index contributed by atoms with van der Waals surface area (Å²) in [7, 11) is -3.49. The van der Waals surface area contributed by atoms with Crippen LogP contribution in [-0.2, 0) is 10.0 Å². The minimum absolute atomic E-state index is 0.00405. The number of rotatable bonds is 4. The highest BCUT2D eigenvalue weighted by Gasteiger charge is 2.47. The lowest BCUT2D eigenvalue weighted by Gasteiger charge is -2.37. The van der Waals surface area contributed by atoms with Crippen LogP contribution < -0.4 is 4.74 Å². The Kier molecular flexibility index (Phi) is 3.97. The van der Waals surface area contributed by atoms with Gasteiger partial charge in [0.15, 0.2) is 0 Å². The van der Waals surface area contributed by atoms with Crippen LogP contribution in [0.2, 0.25) is 0 Å². The summed E-state index contributed by atoms with van der Waals surface area (Å²) in [6.07, 6.45) is 9.64. The molecule has 2 atom stereocenters. The highest BCUT2D eigenvalue weighted by Crippen LogP contribution is 2.40. The van der Waals surface area contributed by atoms with Gasteiger partial charge in [-0.25, -0.2) is 8.42 Å². The van der Waals surface area contributed by atoms with E-state index < -0.39 is 10.0 Å². The van der Waals surface area contributed by atoms with E-state index in [2.05, 4.69) is 9.97 Å². The lowest BCUT2D eigenvalue weighted by molar-refractivity contribution is 0.0953. The van der Waals surface area contributed by atoms with Crippen molar-refractivity contribution in [3.05, 3.63) is 49.1 Å². The summed E-state index contributed by atoms with van der Waals surface area (Å²) in [4.78, 5) is 8.28. The second-order valence-corrected chi connectivity index (χ2v) is 8.15. The van der Waals surface area contributed by atoms with E-state index in [9.17, 15) is 8.42 Å². The van der Waals surface area contributed by atoms with Gasteiger partial charge in [-0.15, -0.1) is 0 Å². The van der Waals surface area contributed by atoms with Crippen LogP contribution in [0.1, 0.15) is 25.7 Å². The molecule has 2 fully saturated rings. The van der Waals surface area contributed by atoms with Gasteiger partial charge in [-0.3, -0.25) is 9.97 Å². The summed E-state index contributed by atoms with van der Waals surface area (Å²) < 4.78 is 33.6. The smallest absolute Gasteiger partial charge is 0.245 e. The summed E-state index contributed by atoms with van der Waals surface area (Å²) >= 11 is 0. The van der Waals surface area contributed by atoms with Crippen LogP contribution in [0.25, 0.3) is 0 Å². The molecule has 126 valence electrons. The molecule has 0 N–H and O–H groups in total. The Bertz CT molecular complexity index is 784. The van der Waals surface area contributed by atoms with Crippen molar-refractivity contribution in [1.82, 2.24) is 14.3 Å². The number of pyridine rings is 2. The molecule has 2 aromatic rings. The molecule has 2 aliphatic heterocycles. The molecule has 0 aliphatic carbocycles. The highest BCUT2D eigenvalue weighted by atomic mass is 32.2. The van der Waals surface area contributed by atoms with E-state index in [0.717, 1.165) is 18.6 Å². The van der Waals surface area contributed by atoms with Crippen LogP contribution in [-0.4, -0.2) is 40.9 Å². The zero-order chi connectivity index (χ0) is 16.6. The van der Waals surface area contributed by atoms with Gasteiger partial charge in [-0.05, 0) is 37.1 Å². The lowest BCUT2D eigenvalue weighted by Crippen LogP contribution is -2.49. The molecule has 0 spiro atoms. The van der Waals surface area contributed by atoms with Crippen molar-refractivity contribution in [2.24, 2.45) is 0 Å². The number of ether oxygens (including phenoxy) is 1. The van der Waals surface area contributed by atoms with Gasteiger partial charge in [-0.1, -0.05) is 0 Å². The molecule has 4 rings (SSSR count). The van der Waals surface area contributed by atoms with Crippen LogP contribution >= 0.6 is 0 Å². The number of hydrogen-bond donors (Lipinski definition) is 0. The second kappa shape index (κ2) is 6.14. The number of hydrogen-bond acceptors (Lipinski definition) is 5. The van der Waals surface area contributed by atoms with Crippen LogP contribution in [0.3, 0.4) is 0 Å². The van der Waals surface area contributed by atoms with Gasteiger partial charge in [0.2, 0.25) is 10.0 Å². The standard InChI is InChI=1S/C17H19N3O3S/c21-24(22,17-4-2-8-19-12-17)20-13-5-6-14(20)10-16(9-13)23-15-3-1-7-18-11-15/h1-4,7-8,11-14,16H,5-6,9-10H2. The molecule has 6 nitrogen and oxygen atoms in total. The number of nitrogens with zero attached hydrogens (tertiary/aromatic N) is 3. The molecule has 0 radical (unpaired) electrons. The molecule has 2 saturated heterocycles. The largest absolute Gasteiger partial charge is 0.489 e. The van der Waals surface area contributed by atoms with Crippen LogP contribution in [0.15, 0.2) is 53.9 Å². The predicted molar refractivity (Wildman–Crippen MR) is 88.0 cm³/mol. The van der Waals surface area contributed by atoms with Gasteiger partial charge in [0.1, 0.15) is 16.7 Å². The van der Waals surface area contributed by atoms with E-state index in [-0.39, 0.29) is 23.1 Å². The quantitative estimate of drug-likeness (QED) is 0.850.